The van der Waals surface area contributed by atoms with Crippen LogP contribution in [0.2, 0.25) is 0 Å². The van der Waals surface area contributed by atoms with E-state index < -0.39 is 0 Å². The third-order valence-corrected chi connectivity index (χ3v) is 2.46. The van der Waals surface area contributed by atoms with Gasteiger partial charge in [-0.25, -0.2) is 5.01 Å². The van der Waals surface area contributed by atoms with Gasteiger partial charge in [0, 0.05) is 25.0 Å². The molecule has 1 aliphatic rings. The predicted molar refractivity (Wildman–Crippen MR) is 58.3 cm³/mol. The fourth-order valence-electron chi connectivity index (χ4n) is 1.64. The van der Waals surface area contributed by atoms with E-state index in [9.17, 15) is 9.90 Å². The van der Waals surface area contributed by atoms with Gasteiger partial charge in [0.1, 0.15) is 11.5 Å². The summed E-state index contributed by atoms with van der Waals surface area (Å²) in [4.78, 5) is 11.1. The third kappa shape index (κ3) is 1.84. The van der Waals surface area contributed by atoms with Crippen molar-refractivity contribution in [3.8, 4) is 11.5 Å². The average Bonchev–Trinajstić information content (AvgIpc) is 2.66. The maximum atomic E-state index is 11.1. The van der Waals surface area contributed by atoms with Crippen molar-refractivity contribution in [1.29, 1.82) is 0 Å². The minimum atomic E-state index is -0.117. The lowest BCUT2D eigenvalue weighted by Gasteiger charge is -2.06. The number of benzene rings is 1. The van der Waals surface area contributed by atoms with Gasteiger partial charge in [0.05, 0.1) is 12.3 Å². The van der Waals surface area contributed by atoms with E-state index in [0.29, 0.717) is 24.2 Å². The van der Waals surface area contributed by atoms with Gasteiger partial charge in [0.15, 0.2) is 0 Å². The fourth-order valence-corrected chi connectivity index (χ4v) is 1.64. The Balaban J connectivity index is 2.32. The average molecular weight is 220 g/mol. The van der Waals surface area contributed by atoms with Gasteiger partial charge in [-0.2, -0.15) is 5.10 Å². The molecule has 1 heterocycles. The molecule has 0 spiro atoms. The molecule has 16 heavy (non-hydrogen) atoms. The van der Waals surface area contributed by atoms with E-state index >= 15 is 0 Å². The first-order valence-corrected chi connectivity index (χ1v) is 4.96. The fraction of sp³-hybridized carbons (Fsp3) is 0.273. The number of carbonyl (C=O) groups excluding carboxylic acids is 1. The van der Waals surface area contributed by atoms with Crippen LogP contribution in [0.15, 0.2) is 23.3 Å². The number of hydrazone groups is 1. The van der Waals surface area contributed by atoms with Crippen LogP contribution in [0.1, 0.15) is 18.9 Å². The van der Waals surface area contributed by atoms with Crippen molar-refractivity contribution < 1.29 is 15.0 Å². The molecule has 0 bridgehead atoms. The van der Waals surface area contributed by atoms with Crippen molar-refractivity contribution in [2.45, 2.75) is 13.3 Å². The smallest absolute Gasteiger partial charge is 0.239 e. The summed E-state index contributed by atoms with van der Waals surface area (Å²) in [5.41, 5.74) is 1.22. The van der Waals surface area contributed by atoms with Crippen LogP contribution in [0, 0.1) is 0 Å². The van der Waals surface area contributed by atoms with Crippen molar-refractivity contribution in [3.05, 3.63) is 23.8 Å². The van der Waals surface area contributed by atoms with Crippen molar-refractivity contribution >= 4 is 11.6 Å². The van der Waals surface area contributed by atoms with Crippen molar-refractivity contribution in [2.24, 2.45) is 5.10 Å². The molecule has 0 aromatic heterocycles. The summed E-state index contributed by atoms with van der Waals surface area (Å²) in [6.45, 7) is 1.98. The van der Waals surface area contributed by atoms with Crippen molar-refractivity contribution in [2.75, 3.05) is 6.54 Å². The van der Waals surface area contributed by atoms with Crippen LogP contribution < -0.4 is 0 Å². The van der Waals surface area contributed by atoms with E-state index in [1.807, 2.05) is 0 Å². The lowest BCUT2D eigenvalue weighted by Crippen LogP contribution is -2.19. The number of hydrogen-bond donors (Lipinski definition) is 2. The summed E-state index contributed by atoms with van der Waals surface area (Å²) < 4.78 is 0. The number of nitrogens with zero attached hydrogens (tertiary/aromatic N) is 2. The summed E-state index contributed by atoms with van der Waals surface area (Å²) in [5.74, 6) is -0.138. The molecule has 84 valence electrons. The van der Waals surface area contributed by atoms with E-state index in [4.69, 9.17) is 5.11 Å². The number of hydrogen-bond acceptors (Lipinski definition) is 4. The van der Waals surface area contributed by atoms with Gasteiger partial charge in [-0.1, -0.05) is 0 Å². The first-order valence-electron chi connectivity index (χ1n) is 4.96. The molecule has 1 aliphatic heterocycles. The Morgan fingerprint density at radius 2 is 2.19 bits per heavy atom. The molecule has 1 aromatic carbocycles. The number of phenolic OH excluding ortho intramolecular Hbond substituents is 2. The summed E-state index contributed by atoms with van der Waals surface area (Å²) in [6, 6.07) is 4.33. The Hall–Kier alpha value is -2.04. The molecule has 0 atom stereocenters. The largest absolute Gasteiger partial charge is 0.508 e. The highest BCUT2D eigenvalue weighted by molar-refractivity contribution is 6.04. The Bertz CT molecular complexity index is 468. The molecule has 0 aliphatic carbocycles. The molecule has 0 saturated heterocycles. The quantitative estimate of drug-likeness (QED) is 0.743. The summed E-state index contributed by atoms with van der Waals surface area (Å²) in [7, 11) is 0. The molecular formula is C11H12N2O3. The topological polar surface area (TPSA) is 73.1 Å². The molecule has 0 radical (unpaired) electrons. The normalized spacial score (nSPS) is 15.1. The molecule has 5 heteroatoms. The predicted octanol–water partition coefficient (Wildman–Crippen LogP) is 1.05. The van der Waals surface area contributed by atoms with E-state index in [-0.39, 0.29) is 17.4 Å². The summed E-state index contributed by atoms with van der Waals surface area (Å²) in [6.07, 6.45) is 0.609. The van der Waals surface area contributed by atoms with Crippen LogP contribution in [0.3, 0.4) is 0 Å². The van der Waals surface area contributed by atoms with Gasteiger partial charge in [0.2, 0.25) is 5.91 Å². The van der Waals surface area contributed by atoms with Crippen LogP contribution in [0.5, 0.6) is 11.5 Å². The molecule has 0 saturated carbocycles. The second-order valence-electron chi connectivity index (χ2n) is 3.64. The molecule has 5 nitrogen and oxygen atoms in total. The summed E-state index contributed by atoms with van der Waals surface area (Å²) in [5, 5.41) is 24.3. The van der Waals surface area contributed by atoms with Crippen LogP contribution in [-0.2, 0) is 4.79 Å². The Kier molecular flexibility index (Phi) is 2.52. The zero-order valence-corrected chi connectivity index (χ0v) is 8.84. The summed E-state index contributed by atoms with van der Waals surface area (Å²) >= 11 is 0. The molecule has 0 fully saturated rings. The van der Waals surface area contributed by atoms with Gasteiger partial charge in [-0.05, 0) is 12.1 Å². The first-order chi connectivity index (χ1) is 7.58. The highest BCUT2D eigenvalue weighted by atomic mass is 16.3. The van der Waals surface area contributed by atoms with E-state index in [1.54, 1.807) is 6.07 Å². The van der Waals surface area contributed by atoms with Gasteiger partial charge in [-0.15, -0.1) is 0 Å². The number of aromatic hydroxyl groups is 2. The maximum Gasteiger partial charge on any atom is 0.239 e. The van der Waals surface area contributed by atoms with Crippen LogP contribution in [0.25, 0.3) is 0 Å². The van der Waals surface area contributed by atoms with Gasteiger partial charge in [-0.3, -0.25) is 4.79 Å². The molecule has 0 unspecified atom stereocenters. The molecule has 2 N–H and O–H groups in total. The van der Waals surface area contributed by atoms with Crippen molar-refractivity contribution in [1.82, 2.24) is 5.01 Å². The SMILES string of the molecule is CC(=O)N1CCC(c2ccc(O)cc2O)=N1. The van der Waals surface area contributed by atoms with E-state index in [2.05, 4.69) is 5.10 Å². The van der Waals surface area contributed by atoms with E-state index in [1.165, 1.54) is 24.1 Å². The minimum absolute atomic E-state index is 0.00303. The Labute approximate surface area is 92.6 Å². The highest BCUT2D eigenvalue weighted by Gasteiger charge is 2.20. The zero-order chi connectivity index (χ0) is 11.7. The van der Waals surface area contributed by atoms with E-state index in [0.717, 1.165) is 0 Å². The minimum Gasteiger partial charge on any atom is -0.508 e. The molecule has 1 amide bonds. The van der Waals surface area contributed by atoms with Crippen molar-refractivity contribution in [3.63, 3.8) is 0 Å². The number of rotatable bonds is 1. The van der Waals surface area contributed by atoms with Crippen LogP contribution in [-0.4, -0.2) is 33.4 Å². The monoisotopic (exact) mass is 220 g/mol. The second kappa shape index (κ2) is 3.84. The van der Waals surface area contributed by atoms with Gasteiger partial charge < -0.3 is 10.2 Å². The standard InChI is InChI=1S/C11H12N2O3/c1-7(14)13-5-4-10(12-13)9-3-2-8(15)6-11(9)16/h2-3,6,15-16H,4-5H2,1H3. The number of amides is 1. The third-order valence-electron chi connectivity index (χ3n) is 2.46. The second-order valence-corrected chi connectivity index (χ2v) is 3.64. The first kappa shape index (κ1) is 10.5. The zero-order valence-electron chi connectivity index (χ0n) is 8.84. The number of carbonyl (C=O) groups is 1. The molecule has 1 aromatic rings. The van der Waals surface area contributed by atoms with Crippen LogP contribution in [0.4, 0.5) is 0 Å². The highest BCUT2D eigenvalue weighted by Crippen LogP contribution is 2.26. The lowest BCUT2D eigenvalue weighted by molar-refractivity contribution is -0.128. The lowest BCUT2D eigenvalue weighted by atomic mass is 10.1. The Morgan fingerprint density at radius 3 is 2.75 bits per heavy atom. The Morgan fingerprint density at radius 1 is 1.44 bits per heavy atom. The maximum absolute atomic E-state index is 11.1. The van der Waals surface area contributed by atoms with Gasteiger partial charge >= 0.3 is 0 Å². The van der Waals surface area contributed by atoms with Crippen LogP contribution >= 0.6 is 0 Å². The number of phenols is 2. The molecule has 2 rings (SSSR count). The van der Waals surface area contributed by atoms with Gasteiger partial charge in [0.25, 0.3) is 0 Å². The molecular weight excluding hydrogens is 208 g/mol.